The molecule has 0 saturated heterocycles. The minimum Gasteiger partial charge on any atom is -0.455 e. The van der Waals surface area contributed by atoms with Gasteiger partial charge >= 0.3 is 0 Å². The fourth-order valence-electron chi connectivity index (χ4n) is 2.06. The molecule has 0 saturated carbocycles. The summed E-state index contributed by atoms with van der Waals surface area (Å²) in [6, 6.07) is 13.4. The minimum atomic E-state index is -1.76. The van der Waals surface area contributed by atoms with Crippen LogP contribution >= 0.6 is 11.6 Å². The second-order valence-corrected chi connectivity index (χ2v) is 4.85. The Morgan fingerprint density at radius 3 is 2.55 bits per heavy atom. The zero-order valence-electron chi connectivity index (χ0n) is 10.3. The molecule has 100 valence electrons. The molecule has 0 N–H and O–H groups in total. The first-order valence-corrected chi connectivity index (χ1v) is 6.44. The summed E-state index contributed by atoms with van der Waals surface area (Å²) in [6.07, 6.45) is -0.271. The van der Waals surface area contributed by atoms with Crippen molar-refractivity contribution in [2.45, 2.75) is 6.36 Å². The Morgan fingerprint density at radius 2 is 1.80 bits per heavy atom. The van der Waals surface area contributed by atoms with E-state index in [1.165, 1.54) is 6.08 Å². The van der Waals surface area contributed by atoms with Gasteiger partial charge in [-0.15, -0.1) is 0 Å². The lowest BCUT2D eigenvalue weighted by Gasteiger charge is -2.22. The van der Waals surface area contributed by atoms with E-state index in [-0.39, 0.29) is 17.1 Å². The number of ether oxygens (including phenoxy) is 1. The number of para-hydroxylation sites is 1. The Hall–Kier alpha value is -2.13. The third kappa shape index (κ3) is 2.32. The maximum atomic E-state index is 14.0. The van der Waals surface area contributed by atoms with E-state index in [1.54, 1.807) is 48.5 Å². The van der Waals surface area contributed by atoms with Gasteiger partial charge in [0.15, 0.2) is 5.78 Å². The molecule has 3 rings (SSSR count). The van der Waals surface area contributed by atoms with Gasteiger partial charge in [-0.25, -0.2) is 0 Å². The van der Waals surface area contributed by atoms with Crippen molar-refractivity contribution >= 4 is 23.5 Å². The molecule has 1 atom stereocenters. The summed E-state index contributed by atoms with van der Waals surface area (Å²) in [4.78, 5) is 12.3. The molecule has 1 heterocycles. The Labute approximate surface area is 120 Å². The van der Waals surface area contributed by atoms with Gasteiger partial charge in [0.1, 0.15) is 5.75 Å². The van der Waals surface area contributed by atoms with Crippen molar-refractivity contribution in [3.05, 3.63) is 70.3 Å². The molecule has 0 aromatic heterocycles. The standard InChI is InChI=1S/C16H10ClFO2/c17-11-7-5-10(6-8-11)9-13-15(19)12-3-1-2-4-14(12)20-16(13)18/h1-9,16H/b13-9+. The fraction of sp³-hybridized carbons (Fsp3) is 0.0625. The first-order chi connectivity index (χ1) is 9.65. The first kappa shape index (κ1) is 12.9. The molecule has 2 nitrogen and oxygen atoms in total. The summed E-state index contributed by atoms with van der Waals surface area (Å²) < 4.78 is 19.1. The molecule has 4 heteroatoms. The monoisotopic (exact) mass is 288 g/mol. The molecular weight excluding hydrogens is 279 g/mol. The molecule has 2 aromatic rings. The van der Waals surface area contributed by atoms with Crippen molar-refractivity contribution in [1.29, 1.82) is 0 Å². The molecule has 0 radical (unpaired) electrons. The Kier molecular flexibility index (Phi) is 3.28. The van der Waals surface area contributed by atoms with Crippen molar-refractivity contribution in [3.8, 4) is 5.75 Å². The number of halogens is 2. The lowest BCUT2D eigenvalue weighted by Crippen LogP contribution is -2.26. The van der Waals surface area contributed by atoms with Crippen LogP contribution in [0.15, 0.2) is 54.1 Å². The summed E-state index contributed by atoms with van der Waals surface area (Å²) in [6.45, 7) is 0. The van der Waals surface area contributed by atoms with Crippen molar-refractivity contribution in [1.82, 2.24) is 0 Å². The summed E-state index contributed by atoms with van der Waals surface area (Å²) in [7, 11) is 0. The molecule has 0 spiro atoms. The van der Waals surface area contributed by atoms with Gasteiger partial charge in [0.05, 0.1) is 11.1 Å². The van der Waals surface area contributed by atoms with Crippen LogP contribution in [0.3, 0.4) is 0 Å². The minimum absolute atomic E-state index is 0.00831. The Balaban J connectivity index is 2.02. The quantitative estimate of drug-likeness (QED) is 0.732. The fourth-order valence-corrected chi connectivity index (χ4v) is 2.19. The van der Waals surface area contributed by atoms with Crippen molar-refractivity contribution < 1.29 is 13.9 Å². The van der Waals surface area contributed by atoms with Gasteiger partial charge in [-0.2, -0.15) is 4.39 Å². The highest BCUT2D eigenvalue weighted by Crippen LogP contribution is 2.32. The van der Waals surface area contributed by atoms with Crippen molar-refractivity contribution in [2.24, 2.45) is 0 Å². The first-order valence-electron chi connectivity index (χ1n) is 6.07. The van der Waals surface area contributed by atoms with Crippen LogP contribution in [0, 0.1) is 0 Å². The highest BCUT2D eigenvalue weighted by atomic mass is 35.5. The maximum Gasteiger partial charge on any atom is 0.268 e. The molecular formula is C16H10ClFO2. The topological polar surface area (TPSA) is 26.3 Å². The highest BCUT2D eigenvalue weighted by Gasteiger charge is 2.31. The summed E-state index contributed by atoms with van der Waals surface area (Å²) in [5, 5.41) is 0.584. The molecule has 0 bridgehead atoms. The lowest BCUT2D eigenvalue weighted by molar-refractivity contribution is 0.0727. The predicted octanol–water partition coefficient (Wildman–Crippen LogP) is 4.29. The number of hydrogen-bond acceptors (Lipinski definition) is 2. The van der Waals surface area contributed by atoms with Gasteiger partial charge in [-0.1, -0.05) is 35.9 Å². The molecule has 0 amide bonds. The third-order valence-corrected chi connectivity index (χ3v) is 3.31. The third-order valence-electron chi connectivity index (χ3n) is 3.06. The zero-order valence-corrected chi connectivity index (χ0v) is 11.1. The van der Waals surface area contributed by atoms with Crippen LogP contribution in [0.1, 0.15) is 15.9 Å². The summed E-state index contributed by atoms with van der Waals surface area (Å²) >= 11 is 5.79. The number of benzene rings is 2. The molecule has 0 aliphatic carbocycles. The number of fused-ring (bicyclic) bond motifs is 1. The van der Waals surface area contributed by atoms with Crippen LogP contribution in [0.25, 0.3) is 6.08 Å². The van der Waals surface area contributed by atoms with E-state index in [4.69, 9.17) is 16.3 Å². The average molecular weight is 289 g/mol. The molecule has 1 unspecified atom stereocenters. The smallest absolute Gasteiger partial charge is 0.268 e. The number of rotatable bonds is 1. The van der Waals surface area contributed by atoms with Gasteiger partial charge in [0.25, 0.3) is 6.36 Å². The largest absolute Gasteiger partial charge is 0.455 e. The zero-order chi connectivity index (χ0) is 14.1. The van der Waals surface area contributed by atoms with Crippen LogP contribution in [0.2, 0.25) is 5.02 Å². The molecule has 0 fully saturated rings. The number of carbonyl (C=O) groups excluding carboxylic acids is 1. The molecule has 20 heavy (non-hydrogen) atoms. The van der Waals surface area contributed by atoms with E-state index in [1.807, 2.05) is 0 Å². The summed E-state index contributed by atoms with van der Waals surface area (Å²) in [5.74, 6) is -0.0763. The van der Waals surface area contributed by atoms with E-state index < -0.39 is 6.36 Å². The highest BCUT2D eigenvalue weighted by molar-refractivity contribution is 6.30. The second-order valence-electron chi connectivity index (χ2n) is 4.41. The number of hydrogen-bond donors (Lipinski definition) is 0. The predicted molar refractivity (Wildman–Crippen MR) is 75.7 cm³/mol. The van der Waals surface area contributed by atoms with E-state index in [9.17, 15) is 9.18 Å². The van der Waals surface area contributed by atoms with E-state index in [2.05, 4.69) is 0 Å². The lowest BCUT2D eigenvalue weighted by atomic mass is 9.98. The summed E-state index contributed by atoms with van der Waals surface area (Å²) in [5.41, 5.74) is 1.07. The van der Waals surface area contributed by atoms with Crippen molar-refractivity contribution in [2.75, 3.05) is 0 Å². The van der Waals surface area contributed by atoms with Crippen LogP contribution in [0.5, 0.6) is 5.75 Å². The van der Waals surface area contributed by atoms with Gasteiger partial charge in [-0.05, 0) is 35.9 Å². The van der Waals surface area contributed by atoms with Gasteiger partial charge < -0.3 is 4.74 Å². The van der Waals surface area contributed by atoms with E-state index in [0.29, 0.717) is 16.1 Å². The normalized spacial score (nSPS) is 19.6. The Bertz CT molecular complexity index is 692. The number of carbonyl (C=O) groups is 1. The second kappa shape index (κ2) is 5.10. The van der Waals surface area contributed by atoms with Crippen LogP contribution < -0.4 is 4.74 Å². The molecule has 1 aliphatic rings. The number of alkyl halides is 1. The van der Waals surface area contributed by atoms with Gasteiger partial charge in [0, 0.05) is 5.02 Å². The van der Waals surface area contributed by atoms with E-state index in [0.717, 1.165) is 0 Å². The SMILES string of the molecule is O=C1/C(=C\c2ccc(Cl)cc2)C(F)Oc2ccccc21. The van der Waals surface area contributed by atoms with Crippen molar-refractivity contribution in [3.63, 3.8) is 0 Å². The number of Topliss-reactive ketones (excluding diaryl/α,β-unsaturated/α-hetero) is 1. The molecule has 2 aromatic carbocycles. The van der Waals surface area contributed by atoms with Gasteiger partial charge in [0.2, 0.25) is 0 Å². The average Bonchev–Trinajstić information content (AvgIpc) is 2.45. The van der Waals surface area contributed by atoms with E-state index >= 15 is 0 Å². The maximum absolute atomic E-state index is 14.0. The Morgan fingerprint density at radius 1 is 1.10 bits per heavy atom. The number of ketones is 1. The van der Waals surface area contributed by atoms with Crippen LogP contribution in [0.4, 0.5) is 4.39 Å². The van der Waals surface area contributed by atoms with Crippen LogP contribution in [-0.4, -0.2) is 12.1 Å². The molecule has 1 aliphatic heterocycles. The van der Waals surface area contributed by atoms with Gasteiger partial charge in [-0.3, -0.25) is 4.79 Å². The van der Waals surface area contributed by atoms with Crippen LogP contribution in [-0.2, 0) is 0 Å².